The number of nitrogens with zero attached hydrogens (tertiary/aromatic N) is 2. The second-order valence-corrected chi connectivity index (χ2v) is 7.98. The molecule has 0 unspecified atom stereocenters. The Hall–Kier alpha value is -3.67. The minimum atomic E-state index is -0.276. The summed E-state index contributed by atoms with van der Waals surface area (Å²) in [5.74, 6) is 1.07. The molecular weight excluding hydrogens is 407 g/mol. The Morgan fingerprint density at radius 3 is 2.75 bits per heavy atom. The summed E-state index contributed by atoms with van der Waals surface area (Å²) in [5.41, 5.74) is 3.50. The fraction of sp³-hybridized carbons (Fsp3) is 0.231. The Morgan fingerprint density at radius 2 is 1.97 bits per heavy atom. The van der Waals surface area contributed by atoms with Crippen molar-refractivity contribution in [3.63, 3.8) is 0 Å². The predicted octanol–water partition coefficient (Wildman–Crippen LogP) is 5.55. The van der Waals surface area contributed by atoms with Gasteiger partial charge in [-0.1, -0.05) is 36.4 Å². The van der Waals surface area contributed by atoms with Crippen molar-refractivity contribution in [1.82, 2.24) is 9.88 Å². The van der Waals surface area contributed by atoms with Crippen molar-refractivity contribution in [3.8, 4) is 16.9 Å². The quantitative estimate of drug-likeness (QED) is 0.417. The molecule has 1 fully saturated rings. The molecule has 0 bridgehead atoms. The van der Waals surface area contributed by atoms with Crippen LogP contribution in [0.15, 0.2) is 71.1 Å². The second-order valence-electron chi connectivity index (χ2n) is 7.98. The van der Waals surface area contributed by atoms with Crippen LogP contribution in [-0.4, -0.2) is 29.4 Å². The zero-order chi connectivity index (χ0) is 22.1. The molecule has 1 saturated heterocycles. The summed E-state index contributed by atoms with van der Waals surface area (Å²) in [7, 11) is 1.62. The molecule has 5 nitrogen and oxygen atoms in total. The van der Waals surface area contributed by atoms with Gasteiger partial charge in [-0.15, -0.1) is 0 Å². The number of methoxy groups -OCH3 is 1. The summed E-state index contributed by atoms with van der Waals surface area (Å²) in [6.45, 7) is 0.679. The molecule has 162 valence electrons. The van der Waals surface area contributed by atoms with Gasteiger partial charge in [-0.3, -0.25) is 4.79 Å². The zero-order valence-electron chi connectivity index (χ0n) is 17.8. The van der Waals surface area contributed by atoms with Crippen LogP contribution in [0, 0.1) is 5.82 Å². The number of oxazole rings is 1. The lowest BCUT2D eigenvalue weighted by Crippen LogP contribution is -2.32. The number of rotatable bonds is 5. The third kappa shape index (κ3) is 3.84. The van der Waals surface area contributed by atoms with Gasteiger partial charge in [0, 0.05) is 12.1 Å². The van der Waals surface area contributed by atoms with E-state index in [0.29, 0.717) is 35.5 Å². The van der Waals surface area contributed by atoms with Gasteiger partial charge >= 0.3 is 0 Å². The molecule has 1 amide bonds. The Morgan fingerprint density at radius 1 is 1.16 bits per heavy atom. The highest BCUT2D eigenvalue weighted by Gasteiger charge is 2.33. The van der Waals surface area contributed by atoms with Crippen LogP contribution in [0.2, 0.25) is 0 Å². The number of hydrogen-bond donors (Lipinski definition) is 0. The van der Waals surface area contributed by atoms with E-state index in [1.54, 1.807) is 19.2 Å². The molecule has 6 heteroatoms. The number of aromatic nitrogens is 1. The van der Waals surface area contributed by atoms with Crippen LogP contribution in [-0.2, 0) is 11.2 Å². The van der Waals surface area contributed by atoms with Crippen molar-refractivity contribution >= 4 is 17.0 Å². The summed E-state index contributed by atoms with van der Waals surface area (Å²) in [4.78, 5) is 19.6. The van der Waals surface area contributed by atoms with Crippen molar-refractivity contribution in [1.29, 1.82) is 0 Å². The highest BCUT2D eigenvalue weighted by atomic mass is 19.1. The molecule has 0 spiro atoms. The number of ether oxygens (including phenoxy) is 1. The van der Waals surface area contributed by atoms with Gasteiger partial charge in [-0.2, -0.15) is 0 Å². The average Bonchev–Trinajstić information content (AvgIpc) is 3.46. The van der Waals surface area contributed by atoms with Crippen LogP contribution in [0.1, 0.15) is 30.3 Å². The first kappa shape index (κ1) is 20.2. The Balaban J connectivity index is 1.38. The van der Waals surface area contributed by atoms with Crippen molar-refractivity contribution in [2.45, 2.75) is 25.3 Å². The van der Waals surface area contributed by atoms with Crippen LogP contribution in [0.4, 0.5) is 4.39 Å². The second kappa shape index (κ2) is 8.46. The Kier molecular flexibility index (Phi) is 5.35. The number of benzene rings is 3. The van der Waals surface area contributed by atoms with Crippen LogP contribution in [0.25, 0.3) is 22.2 Å². The van der Waals surface area contributed by atoms with E-state index in [-0.39, 0.29) is 17.8 Å². The van der Waals surface area contributed by atoms with Gasteiger partial charge in [-0.25, -0.2) is 9.37 Å². The van der Waals surface area contributed by atoms with Gasteiger partial charge in [0.2, 0.25) is 11.8 Å². The molecular formula is C26H23FN2O3. The van der Waals surface area contributed by atoms with E-state index >= 15 is 0 Å². The van der Waals surface area contributed by atoms with Crippen LogP contribution < -0.4 is 4.74 Å². The first-order valence-corrected chi connectivity index (χ1v) is 10.7. The van der Waals surface area contributed by atoms with Crippen molar-refractivity contribution in [2.24, 2.45) is 0 Å². The van der Waals surface area contributed by atoms with Gasteiger partial charge in [0.1, 0.15) is 23.1 Å². The third-order valence-electron chi connectivity index (χ3n) is 5.96. The number of likely N-dealkylation sites (tertiary alicyclic amines) is 1. The molecule has 1 aliphatic rings. The molecule has 2 heterocycles. The molecule has 0 radical (unpaired) electrons. The van der Waals surface area contributed by atoms with Gasteiger partial charge < -0.3 is 14.1 Å². The highest BCUT2D eigenvalue weighted by molar-refractivity contribution is 5.81. The maximum Gasteiger partial charge on any atom is 0.227 e. The Bertz CT molecular complexity index is 1270. The predicted molar refractivity (Wildman–Crippen MR) is 120 cm³/mol. The topological polar surface area (TPSA) is 55.6 Å². The van der Waals surface area contributed by atoms with Gasteiger partial charge in [0.25, 0.3) is 0 Å². The van der Waals surface area contributed by atoms with Crippen molar-refractivity contribution < 1.29 is 18.3 Å². The third-order valence-corrected chi connectivity index (χ3v) is 5.96. The fourth-order valence-corrected chi connectivity index (χ4v) is 4.29. The van der Waals surface area contributed by atoms with E-state index in [1.165, 1.54) is 6.07 Å². The van der Waals surface area contributed by atoms with Crippen LogP contribution in [0.3, 0.4) is 0 Å². The molecule has 0 N–H and O–H groups in total. The van der Waals surface area contributed by atoms with Crippen LogP contribution >= 0.6 is 0 Å². The zero-order valence-corrected chi connectivity index (χ0v) is 17.8. The first-order chi connectivity index (χ1) is 15.6. The summed E-state index contributed by atoms with van der Waals surface area (Å²) < 4.78 is 25.4. The highest BCUT2D eigenvalue weighted by Crippen LogP contribution is 2.35. The summed E-state index contributed by atoms with van der Waals surface area (Å²) in [5, 5.41) is 0. The first-order valence-electron chi connectivity index (χ1n) is 10.7. The van der Waals surface area contributed by atoms with E-state index in [1.807, 2.05) is 53.4 Å². The lowest BCUT2D eigenvalue weighted by atomic mass is 10.0. The van der Waals surface area contributed by atoms with E-state index in [4.69, 9.17) is 9.15 Å². The minimum Gasteiger partial charge on any atom is -0.497 e. The number of fused-ring (bicyclic) bond motifs is 1. The lowest BCUT2D eigenvalue weighted by molar-refractivity contribution is -0.131. The van der Waals surface area contributed by atoms with Gasteiger partial charge in [-0.05, 0) is 54.3 Å². The van der Waals surface area contributed by atoms with E-state index in [2.05, 4.69) is 4.98 Å². The fourth-order valence-electron chi connectivity index (χ4n) is 4.29. The number of hydrogen-bond acceptors (Lipinski definition) is 4. The van der Waals surface area contributed by atoms with Crippen LogP contribution in [0.5, 0.6) is 5.75 Å². The molecule has 5 rings (SSSR count). The van der Waals surface area contributed by atoms with E-state index in [0.717, 1.165) is 29.7 Å². The minimum absolute atomic E-state index is 0.0481. The summed E-state index contributed by atoms with van der Waals surface area (Å²) in [6, 6.07) is 19.5. The van der Waals surface area contributed by atoms with Gasteiger partial charge in [0.15, 0.2) is 5.58 Å². The molecule has 3 aromatic carbocycles. The molecule has 1 atom stereocenters. The maximum atomic E-state index is 14.2. The molecule has 0 aliphatic carbocycles. The smallest absolute Gasteiger partial charge is 0.227 e. The lowest BCUT2D eigenvalue weighted by Gasteiger charge is -2.22. The summed E-state index contributed by atoms with van der Waals surface area (Å²) in [6.07, 6.45) is 2.03. The molecule has 4 aromatic rings. The van der Waals surface area contributed by atoms with Gasteiger partial charge in [0.05, 0.1) is 13.5 Å². The van der Waals surface area contributed by atoms with Crippen molar-refractivity contribution in [2.75, 3.05) is 13.7 Å². The molecule has 1 aliphatic heterocycles. The molecule has 1 aromatic heterocycles. The number of amides is 1. The number of carbonyl (C=O) groups excluding carboxylic acids is 1. The number of carbonyl (C=O) groups is 1. The normalized spacial score (nSPS) is 15.9. The standard InChI is InChI=1S/C26H23FN2O3/c1-31-19-11-8-17(9-12-19)15-25(30)29-14-4-7-23(29)26-28-22-16-18(10-13-24(22)32-26)20-5-2-3-6-21(20)27/h2-3,5-6,8-13,16,23H,4,7,14-15H2,1H3/t23-/m1/s1. The largest absolute Gasteiger partial charge is 0.497 e. The monoisotopic (exact) mass is 430 g/mol. The van der Waals surface area contributed by atoms with Crippen molar-refractivity contribution in [3.05, 3.63) is 84.0 Å². The van der Waals surface area contributed by atoms with E-state index < -0.39 is 0 Å². The Labute approximate surface area is 185 Å². The average molecular weight is 430 g/mol. The molecule has 0 saturated carbocycles. The maximum absolute atomic E-state index is 14.2. The number of halogens is 1. The van der Waals surface area contributed by atoms with E-state index in [9.17, 15) is 9.18 Å². The summed E-state index contributed by atoms with van der Waals surface area (Å²) >= 11 is 0. The molecule has 32 heavy (non-hydrogen) atoms. The SMILES string of the molecule is COc1ccc(CC(=O)N2CCC[C@@H]2c2nc3cc(-c4ccccc4F)ccc3o2)cc1.